The lowest BCUT2D eigenvalue weighted by atomic mass is 10.0. The lowest BCUT2D eigenvalue weighted by molar-refractivity contribution is -0.140. The predicted octanol–water partition coefficient (Wildman–Crippen LogP) is -3.39. The molecule has 0 aliphatic rings. The fraction of sp³-hybridized carbons (Fsp3) is 0.774. The van der Waals surface area contributed by atoms with Crippen molar-refractivity contribution in [1.82, 2.24) is 0 Å². The molecule has 0 unspecified atom stereocenters. The number of carbonyl (C=O) groups is 7. The van der Waals surface area contributed by atoms with Gasteiger partial charge in [0.15, 0.2) is 0 Å². The summed E-state index contributed by atoms with van der Waals surface area (Å²) >= 11 is 0. The van der Waals surface area contributed by atoms with E-state index in [1.165, 1.54) is 0 Å². The van der Waals surface area contributed by atoms with Crippen molar-refractivity contribution in [3.05, 3.63) is 0 Å². The van der Waals surface area contributed by atoms with Crippen molar-refractivity contribution in [2.45, 2.75) is 122 Å². The Morgan fingerprint density at radius 1 is 0.481 bits per heavy atom. The topological polar surface area (TPSA) is 495 Å². The van der Waals surface area contributed by atoms with Crippen LogP contribution in [0.15, 0.2) is 0 Å². The molecule has 0 radical (unpaired) electrons. The summed E-state index contributed by atoms with van der Waals surface area (Å²) in [4.78, 5) is 70.2. The summed E-state index contributed by atoms with van der Waals surface area (Å²) in [7, 11) is 0. The van der Waals surface area contributed by atoms with Crippen molar-refractivity contribution < 1.29 is 69.3 Å². The highest BCUT2D eigenvalue weighted by Gasteiger charge is 2.18. The lowest BCUT2D eigenvalue weighted by Crippen LogP contribution is -2.36. The standard InChI is InChI=1S/2C6H14N2O2.2C6H13NO2.C4H8N2O3.C3H7NO3/c2*7-4-2-1-3-5(8)6(9)10;2*1-3-4(2)5(7)6(8)9;5-2(4(8)9)1-3(6)7;4-2(1-5)3(6)7/h2*5H,1-4,7-8H2,(H,9,10);2*4-5H,3,7H2,1-2H3,(H,8,9);2H,1,5H2,(H2,6,7)(H,8,9);2,5H,1,4H2,(H,6,7)/t2*5-;2*4-,5-;2*2-/m000000/s1. The minimum absolute atomic E-state index is 0.0718. The van der Waals surface area contributed by atoms with Gasteiger partial charge in [-0.1, -0.05) is 53.4 Å². The van der Waals surface area contributed by atoms with Crippen LogP contribution in [0, 0.1) is 11.8 Å². The third kappa shape index (κ3) is 46.0. The van der Waals surface area contributed by atoms with Gasteiger partial charge >= 0.3 is 35.8 Å². The van der Waals surface area contributed by atoms with Gasteiger partial charge in [-0.2, -0.15) is 0 Å². The van der Waals surface area contributed by atoms with E-state index in [1.807, 2.05) is 27.7 Å². The number of nitrogens with two attached hydrogens (primary N) is 9. The lowest BCUT2D eigenvalue weighted by Gasteiger charge is -2.11. The molecular formula is C31H69N9O14. The molecule has 0 fully saturated rings. The van der Waals surface area contributed by atoms with E-state index in [2.05, 4.69) is 5.73 Å². The average molecular weight is 792 g/mol. The minimum Gasteiger partial charge on any atom is -0.480 e. The molecule has 0 bridgehead atoms. The Kier molecular flexibility index (Phi) is 46.0. The molecule has 8 atom stereocenters. The molecule has 25 N–H and O–H groups in total. The first-order valence-electron chi connectivity index (χ1n) is 17.0. The van der Waals surface area contributed by atoms with Gasteiger partial charge in [0.25, 0.3) is 0 Å². The Morgan fingerprint density at radius 2 is 0.759 bits per heavy atom. The number of amides is 1. The van der Waals surface area contributed by atoms with E-state index in [1.54, 1.807) is 0 Å². The number of hydrogen-bond donors (Lipinski definition) is 16. The first-order valence-corrected chi connectivity index (χ1v) is 17.0. The number of unbranched alkanes of at least 4 members (excludes halogenated alkanes) is 2. The summed E-state index contributed by atoms with van der Waals surface area (Å²) < 4.78 is 0. The van der Waals surface area contributed by atoms with Crippen molar-refractivity contribution in [2.75, 3.05) is 19.7 Å². The van der Waals surface area contributed by atoms with Gasteiger partial charge in [0, 0.05) is 0 Å². The van der Waals surface area contributed by atoms with Crippen LogP contribution in [0.25, 0.3) is 0 Å². The molecule has 54 heavy (non-hydrogen) atoms. The minimum atomic E-state index is -1.21. The molecule has 23 heteroatoms. The van der Waals surface area contributed by atoms with Crippen LogP contribution < -0.4 is 51.6 Å². The van der Waals surface area contributed by atoms with Crippen LogP contribution >= 0.6 is 0 Å². The number of aliphatic hydroxyl groups is 1. The maximum absolute atomic E-state index is 10.2. The largest absolute Gasteiger partial charge is 0.480 e. The average Bonchev–Trinajstić information content (AvgIpc) is 3.10. The van der Waals surface area contributed by atoms with E-state index in [9.17, 15) is 33.6 Å². The van der Waals surface area contributed by atoms with Crippen molar-refractivity contribution in [2.24, 2.45) is 63.4 Å². The molecule has 0 rings (SSSR count). The van der Waals surface area contributed by atoms with Gasteiger partial charge in [-0.05, 0) is 50.6 Å². The molecule has 0 saturated carbocycles. The predicted molar refractivity (Wildman–Crippen MR) is 199 cm³/mol. The number of aliphatic hydroxyl groups excluding tert-OH is 1. The molecule has 1 amide bonds. The van der Waals surface area contributed by atoms with E-state index >= 15 is 0 Å². The van der Waals surface area contributed by atoms with Crippen molar-refractivity contribution in [3.8, 4) is 0 Å². The second-order valence-corrected chi connectivity index (χ2v) is 11.7. The summed E-state index contributed by atoms with van der Waals surface area (Å²) in [6.07, 6.45) is 5.64. The van der Waals surface area contributed by atoms with Crippen LogP contribution in [0.5, 0.6) is 0 Å². The summed E-state index contributed by atoms with van der Waals surface area (Å²) in [5.74, 6) is -6.64. The van der Waals surface area contributed by atoms with Gasteiger partial charge in [0.2, 0.25) is 5.91 Å². The summed E-state index contributed by atoms with van der Waals surface area (Å²) in [5.41, 5.74) is 45.7. The molecule has 322 valence electrons. The molecule has 23 nitrogen and oxygen atoms in total. The fourth-order valence-electron chi connectivity index (χ4n) is 2.64. The highest BCUT2D eigenvalue weighted by molar-refractivity contribution is 5.83. The van der Waals surface area contributed by atoms with E-state index < -0.39 is 84.6 Å². The maximum atomic E-state index is 10.2. The Bertz CT molecular complexity index is 976. The Balaban J connectivity index is -0.000000128. The van der Waals surface area contributed by atoms with E-state index in [0.717, 1.165) is 38.5 Å². The number of rotatable bonds is 21. The first kappa shape index (κ1) is 61.9. The van der Waals surface area contributed by atoms with Crippen LogP contribution in [-0.4, -0.2) is 133 Å². The summed E-state index contributed by atoms with van der Waals surface area (Å²) in [6, 6.07) is -5.12. The molecule has 0 aliphatic carbocycles. The monoisotopic (exact) mass is 791 g/mol. The van der Waals surface area contributed by atoms with Crippen LogP contribution in [0.4, 0.5) is 0 Å². The molecule has 0 saturated heterocycles. The van der Waals surface area contributed by atoms with Gasteiger partial charge in [-0.15, -0.1) is 0 Å². The van der Waals surface area contributed by atoms with Crippen molar-refractivity contribution >= 4 is 41.7 Å². The van der Waals surface area contributed by atoms with Crippen molar-refractivity contribution in [3.63, 3.8) is 0 Å². The number of carboxylic acid groups (broad SMARTS) is 6. The van der Waals surface area contributed by atoms with Crippen LogP contribution in [0.1, 0.15) is 85.5 Å². The number of hydrogen-bond acceptors (Lipinski definition) is 16. The van der Waals surface area contributed by atoms with Gasteiger partial charge in [-0.25, -0.2) is 0 Å². The number of carboxylic acids is 6. The van der Waals surface area contributed by atoms with E-state index in [4.69, 9.17) is 81.6 Å². The highest BCUT2D eigenvalue weighted by atomic mass is 16.4. The summed E-state index contributed by atoms with van der Waals surface area (Å²) in [5, 5.41) is 57.4. The van der Waals surface area contributed by atoms with Gasteiger partial charge < -0.3 is 87.3 Å². The van der Waals surface area contributed by atoms with E-state index in [-0.39, 0.29) is 18.3 Å². The van der Waals surface area contributed by atoms with Gasteiger partial charge in [0.05, 0.1) is 13.0 Å². The third-order valence-electron chi connectivity index (χ3n) is 6.91. The highest BCUT2D eigenvalue weighted by Crippen LogP contribution is 2.05. The molecule has 0 aromatic carbocycles. The molecule has 0 aliphatic heterocycles. The maximum Gasteiger partial charge on any atom is 0.322 e. The Labute approximate surface area is 315 Å². The third-order valence-corrected chi connectivity index (χ3v) is 6.91. The zero-order valence-corrected chi connectivity index (χ0v) is 31.8. The number of carbonyl (C=O) groups excluding carboxylic acids is 1. The summed E-state index contributed by atoms with van der Waals surface area (Å²) in [6.45, 7) is 8.21. The van der Waals surface area contributed by atoms with Gasteiger partial charge in [-0.3, -0.25) is 33.6 Å². The Hall–Kier alpha value is -4.07. The Morgan fingerprint density at radius 3 is 0.870 bits per heavy atom. The molecule has 0 spiro atoms. The van der Waals surface area contributed by atoms with Crippen LogP contribution in [0.3, 0.4) is 0 Å². The van der Waals surface area contributed by atoms with Crippen molar-refractivity contribution in [1.29, 1.82) is 0 Å². The van der Waals surface area contributed by atoms with Crippen LogP contribution in [0.2, 0.25) is 0 Å². The first-order chi connectivity index (χ1) is 24.8. The second-order valence-electron chi connectivity index (χ2n) is 11.7. The van der Waals surface area contributed by atoms with Gasteiger partial charge in [0.1, 0.15) is 36.3 Å². The molecular weight excluding hydrogens is 722 g/mol. The zero-order valence-electron chi connectivity index (χ0n) is 31.8. The zero-order chi connectivity index (χ0) is 44.1. The molecule has 0 aromatic rings. The molecule has 0 aromatic heterocycles. The SMILES string of the molecule is CC[C@H](C)[C@H](N)C(=O)O.CC[C@H](C)[C@H](N)C(=O)O.NC(=O)C[C@H](N)C(=O)O.NCCCC[C@H](N)C(=O)O.NCCCC[C@H](N)C(=O)O.N[C@@H](CO)C(=O)O. The second kappa shape index (κ2) is 40.1. The van der Waals surface area contributed by atoms with E-state index in [0.29, 0.717) is 25.9 Å². The smallest absolute Gasteiger partial charge is 0.322 e. The molecule has 0 heterocycles. The number of aliphatic carboxylic acids is 6. The normalized spacial score (nSPS) is 14.2. The number of primary amides is 1. The van der Waals surface area contributed by atoms with Crippen LogP contribution in [-0.2, 0) is 33.6 Å². The quantitative estimate of drug-likeness (QED) is 0.0504. The fourth-order valence-corrected chi connectivity index (χ4v) is 2.64.